The van der Waals surface area contributed by atoms with Crippen molar-refractivity contribution in [2.75, 3.05) is 28.3 Å². The Morgan fingerprint density at radius 1 is 1.09 bits per heavy atom. The van der Waals surface area contributed by atoms with Crippen LogP contribution in [0.1, 0.15) is 24.0 Å². The molecule has 0 aliphatic carbocycles. The first-order valence-corrected chi connectivity index (χ1v) is 11.9. The Kier molecular flexibility index (Phi) is 6.95. The zero-order chi connectivity index (χ0) is 22.5. The molecule has 2 aromatic carbocycles. The van der Waals surface area contributed by atoms with Crippen molar-refractivity contribution in [2.45, 2.75) is 26.7 Å². The minimum absolute atomic E-state index is 0.0178. The van der Waals surface area contributed by atoms with E-state index in [1.807, 2.05) is 68.1 Å². The molecule has 1 N–H and O–H groups in total. The number of rotatable bonds is 6. The quantitative estimate of drug-likeness (QED) is 0.568. The van der Waals surface area contributed by atoms with Crippen LogP contribution in [0, 0.1) is 19.8 Å². The first kappa shape index (κ1) is 22.1. The minimum atomic E-state index is -0.226. The van der Waals surface area contributed by atoms with Crippen molar-refractivity contribution < 1.29 is 14.0 Å². The van der Waals surface area contributed by atoms with Crippen LogP contribution >= 0.6 is 11.8 Å². The third-order valence-corrected chi connectivity index (χ3v) is 6.89. The average Bonchev–Trinajstić information content (AvgIpc) is 3.35. The molecule has 166 valence electrons. The summed E-state index contributed by atoms with van der Waals surface area (Å²) < 4.78 is 5.02. The molecule has 1 aliphatic heterocycles. The first-order chi connectivity index (χ1) is 15.5. The minimum Gasteiger partial charge on any atom is -0.451 e. The smallest absolute Gasteiger partial charge is 0.244 e. The third-order valence-electron chi connectivity index (χ3n) is 5.84. The highest BCUT2D eigenvalue weighted by Crippen LogP contribution is 2.28. The van der Waals surface area contributed by atoms with E-state index in [-0.39, 0.29) is 24.3 Å². The van der Waals surface area contributed by atoms with Crippen LogP contribution < -0.4 is 10.2 Å². The Morgan fingerprint density at radius 2 is 1.84 bits per heavy atom. The lowest BCUT2D eigenvalue weighted by atomic mass is 10.00. The summed E-state index contributed by atoms with van der Waals surface area (Å²) in [6.07, 6.45) is 4.67. The van der Waals surface area contributed by atoms with Gasteiger partial charge in [0.15, 0.2) is 6.39 Å². The molecule has 1 aromatic heterocycles. The van der Waals surface area contributed by atoms with Crippen LogP contribution in [0.2, 0.25) is 0 Å². The van der Waals surface area contributed by atoms with E-state index >= 15 is 0 Å². The second-order valence-corrected chi connectivity index (χ2v) is 9.30. The van der Waals surface area contributed by atoms with E-state index in [1.54, 1.807) is 11.2 Å². The van der Waals surface area contributed by atoms with E-state index in [4.69, 9.17) is 4.42 Å². The number of hydrogen-bond acceptors (Lipinski definition) is 5. The van der Waals surface area contributed by atoms with Gasteiger partial charge in [-0.3, -0.25) is 9.59 Å². The van der Waals surface area contributed by atoms with E-state index < -0.39 is 0 Å². The van der Waals surface area contributed by atoms with Gasteiger partial charge in [0.2, 0.25) is 11.8 Å². The van der Waals surface area contributed by atoms with Crippen LogP contribution in [0.25, 0.3) is 11.3 Å². The lowest BCUT2D eigenvalue weighted by Crippen LogP contribution is -2.42. The normalized spacial score (nSPS) is 14.2. The molecule has 6 nitrogen and oxygen atoms in total. The van der Waals surface area contributed by atoms with Gasteiger partial charge in [-0.15, -0.1) is 0 Å². The number of nitrogens with zero attached hydrogens (tertiary/aromatic N) is 2. The molecule has 1 fully saturated rings. The molecular formula is C25H27N3O3S. The molecule has 4 rings (SSSR count). The Morgan fingerprint density at radius 3 is 2.50 bits per heavy atom. The number of benzene rings is 2. The van der Waals surface area contributed by atoms with Gasteiger partial charge in [-0.25, -0.2) is 4.98 Å². The molecule has 0 atom stereocenters. The lowest BCUT2D eigenvalue weighted by Gasteiger charge is -2.29. The molecule has 1 aliphatic rings. The summed E-state index contributed by atoms with van der Waals surface area (Å²) >= 11 is 1.88. The summed E-state index contributed by atoms with van der Waals surface area (Å²) in [6, 6.07) is 13.3. The van der Waals surface area contributed by atoms with Gasteiger partial charge in [-0.05, 0) is 73.6 Å². The second kappa shape index (κ2) is 10.0. The maximum absolute atomic E-state index is 13.4. The van der Waals surface area contributed by atoms with E-state index in [0.29, 0.717) is 5.69 Å². The van der Waals surface area contributed by atoms with Crippen molar-refractivity contribution in [3.8, 4) is 11.3 Å². The van der Waals surface area contributed by atoms with Crippen LogP contribution in [0.15, 0.2) is 59.5 Å². The summed E-state index contributed by atoms with van der Waals surface area (Å²) in [6.45, 7) is 4.05. The van der Waals surface area contributed by atoms with E-state index in [1.165, 1.54) is 6.39 Å². The monoisotopic (exact) mass is 449 g/mol. The van der Waals surface area contributed by atoms with Crippen molar-refractivity contribution in [1.29, 1.82) is 0 Å². The van der Waals surface area contributed by atoms with Gasteiger partial charge in [0.1, 0.15) is 18.5 Å². The zero-order valence-electron chi connectivity index (χ0n) is 18.3. The van der Waals surface area contributed by atoms with Gasteiger partial charge in [-0.2, -0.15) is 11.8 Å². The molecule has 0 spiro atoms. The maximum atomic E-state index is 13.4. The molecule has 2 amide bonds. The van der Waals surface area contributed by atoms with Crippen molar-refractivity contribution in [3.05, 3.63) is 66.2 Å². The van der Waals surface area contributed by atoms with Crippen LogP contribution in [-0.2, 0) is 9.59 Å². The zero-order valence-corrected chi connectivity index (χ0v) is 19.2. The van der Waals surface area contributed by atoms with Gasteiger partial charge >= 0.3 is 0 Å². The molecule has 0 radical (unpaired) electrons. The molecule has 7 heteroatoms. The Balaban J connectivity index is 1.50. The summed E-state index contributed by atoms with van der Waals surface area (Å²) in [5, 5.41) is 2.92. The number of aryl methyl sites for hydroxylation is 2. The molecule has 0 unspecified atom stereocenters. The largest absolute Gasteiger partial charge is 0.451 e. The summed E-state index contributed by atoms with van der Waals surface area (Å²) in [4.78, 5) is 32.1. The lowest BCUT2D eigenvalue weighted by molar-refractivity contribution is -0.124. The van der Waals surface area contributed by atoms with E-state index in [0.717, 1.165) is 52.4 Å². The van der Waals surface area contributed by atoms with E-state index in [2.05, 4.69) is 10.3 Å². The van der Waals surface area contributed by atoms with Crippen LogP contribution in [0.3, 0.4) is 0 Å². The number of carbonyl (C=O) groups is 2. The van der Waals surface area contributed by atoms with Gasteiger partial charge in [0.25, 0.3) is 0 Å². The highest BCUT2D eigenvalue weighted by atomic mass is 32.2. The Bertz CT molecular complexity index is 1070. The Labute approximate surface area is 192 Å². The number of aromatic nitrogens is 1. The predicted molar refractivity (Wildman–Crippen MR) is 129 cm³/mol. The highest BCUT2D eigenvalue weighted by Gasteiger charge is 2.28. The topological polar surface area (TPSA) is 75.4 Å². The van der Waals surface area contributed by atoms with Crippen molar-refractivity contribution >= 4 is 35.0 Å². The molecule has 1 saturated heterocycles. The molecule has 3 aromatic rings. The van der Waals surface area contributed by atoms with E-state index in [9.17, 15) is 9.59 Å². The van der Waals surface area contributed by atoms with Gasteiger partial charge in [0.05, 0.1) is 0 Å². The number of carbonyl (C=O) groups excluding carboxylic acids is 2. The van der Waals surface area contributed by atoms with Crippen LogP contribution in [0.4, 0.5) is 11.4 Å². The van der Waals surface area contributed by atoms with Gasteiger partial charge in [0, 0.05) is 22.9 Å². The number of hydrogen-bond donors (Lipinski definition) is 1. The molecule has 2 heterocycles. The standard InChI is InChI=1S/C25H27N3O3S/c1-17-3-8-22(13-18(17)2)28(25(30)20-9-11-32-12-10-20)14-24(29)27-21-6-4-19(5-7-21)23-15-31-16-26-23/h3-8,13,15-16,20H,9-12,14H2,1-2H3,(H,27,29). The number of nitrogens with one attached hydrogen (secondary N) is 1. The Hall–Kier alpha value is -3.06. The van der Waals surface area contributed by atoms with Crippen molar-refractivity contribution in [2.24, 2.45) is 5.92 Å². The fourth-order valence-electron chi connectivity index (χ4n) is 3.78. The number of thioether (sulfide) groups is 1. The number of amides is 2. The average molecular weight is 450 g/mol. The van der Waals surface area contributed by atoms with Crippen LogP contribution in [0.5, 0.6) is 0 Å². The SMILES string of the molecule is Cc1ccc(N(CC(=O)Nc2ccc(-c3cocn3)cc2)C(=O)C2CCSCC2)cc1C. The first-order valence-electron chi connectivity index (χ1n) is 10.8. The van der Waals surface area contributed by atoms with Crippen molar-refractivity contribution in [3.63, 3.8) is 0 Å². The van der Waals surface area contributed by atoms with Crippen molar-refractivity contribution in [1.82, 2.24) is 4.98 Å². The van der Waals surface area contributed by atoms with Crippen LogP contribution in [-0.4, -0.2) is 34.8 Å². The summed E-state index contributed by atoms with van der Waals surface area (Å²) in [5.74, 6) is 1.75. The molecule has 32 heavy (non-hydrogen) atoms. The number of anilines is 2. The predicted octanol–water partition coefficient (Wildman–Crippen LogP) is 5.07. The molecule has 0 bridgehead atoms. The van der Waals surface area contributed by atoms with Gasteiger partial charge < -0.3 is 14.6 Å². The fourth-order valence-corrected chi connectivity index (χ4v) is 4.88. The maximum Gasteiger partial charge on any atom is 0.244 e. The molecule has 0 saturated carbocycles. The number of oxazole rings is 1. The summed E-state index contributed by atoms with van der Waals surface area (Å²) in [7, 11) is 0. The third kappa shape index (κ3) is 5.22. The second-order valence-electron chi connectivity index (χ2n) is 8.08. The fraction of sp³-hybridized carbons (Fsp3) is 0.320. The summed E-state index contributed by atoms with van der Waals surface area (Å²) in [5.41, 5.74) is 5.34. The highest BCUT2D eigenvalue weighted by molar-refractivity contribution is 7.99. The molecular weight excluding hydrogens is 422 g/mol. The van der Waals surface area contributed by atoms with Gasteiger partial charge in [-0.1, -0.05) is 18.2 Å².